The summed E-state index contributed by atoms with van der Waals surface area (Å²) in [4.78, 5) is 23.9. The van der Waals surface area contributed by atoms with E-state index in [1.54, 1.807) is 20.8 Å². The highest BCUT2D eigenvalue weighted by molar-refractivity contribution is 5.78. The monoisotopic (exact) mass is 376 g/mol. The Bertz CT molecular complexity index is 627. The molecule has 6 nitrogen and oxygen atoms in total. The van der Waals surface area contributed by atoms with E-state index in [2.05, 4.69) is 10.6 Å². The summed E-state index contributed by atoms with van der Waals surface area (Å²) in [5.74, 6) is -0.495. The molecule has 26 heavy (non-hydrogen) atoms. The van der Waals surface area contributed by atoms with Gasteiger partial charge in [0.25, 0.3) is 0 Å². The average molecular weight is 376 g/mol. The molecule has 1 aromatic rings. The maximum absolute atomic E-state index is 12.9. The number of alkyl carbamates (subject to hydrolysis) is 1. The Morgan fingerprint density at radius 2 is 1.85 bits per heavy atom. The highest BCUT2D eigenvalue weighted by atomic mass is 19.4. The molecule has 0 saturated heterocycles. The molecule has 9 heteroatoms. The fourth-order valence-electron chi connectivity index (χ4n) is 2.04. The molecule has 2 N–H and O–H groups in total. The molecule has 0 aliphatic heterocycles. The van der Waals surface area contributed by atoms with E-state index in [-0.39, 0.29) is 18.7 Å². The van der Waals surface area contributed by atoms with Gasteiger partial charge in [-0.25, -0.2) is 4.79 Å². The van der Waals surface area contributed by atoms with Crippen LogP contribution in [0.1, 0.15) is 44.4 Å². The van der Waals surface area contributed by atoms with Crippen molar-refractivity contribution in [3.05, 3.63) is 35.4 Å². The molecule has 0 aliphatic rings. The molecule has 1 unspecified atom stereocenters. The Balaban J connectivity index is 3.03. The number of carbonyl (C=O) groups is 2. The molecule has 0 saturated carbocycles. The van der Waals surface area contributed by atoms with Crippen LogP contribution < -0.4 is 10.6 Å². The van der Waals surface area contributed by atoms with Gasteiger partial charge in [0.05, 0.1) is 18.0 Å². The molecule has 0 fully saturated rings. The van der Waals surface area contributed by atoms with Gasteiger partial charge in [-0.3, -0.25) is 4.79 Å². The molecular weight excluding hydrogens is 353 g/mol. The van der Waals surface area contributed by atoms with Crippen LogP contribution in [0.15, 0.2) is 24.3 Å². The van der Waals surface area contributed by atoms with Crippen molar-refractivity contribution >= 4 is 12.0 Å². The highest BCUT2D eigenvalue weighted by Gasteiger charge is 2.31. The Morgan fingerprint density at radius 1 is 1.19 bits per heavy atom. The molecular formula is C17H23F3N2O4. The van der Waals surface area contributed by atoms with Crippen molar-refractivity contribution in [1.29, 1.82) is 0 Å². The number of amides is 2. The van der Waals surface area contributed by atoms with E-state index in [0.29, 0.717) is 0 Å². The third-order valence-corrected chi connectivity index (χ3v) is 3.11. The number of ether oxygens (including phenoxy) is 2. The van der Waals surface area contributed by atoms with Crippen LogP contribution >= 0.6 is 0 Å². The summed E-state index contributed by atoms with van der Waals surface area (Å²) in [6, 6.07) is 3.43. The maximum atomic E-state index is 12.9. The van der Waals surface area contributed by atoms with Gasteiger partial charge in [0.15, 0.2) is 0 Å². The minimum Gasteiger partial charge on any atom is -0.444 e. The number of carbonyl (C=O) groups excluding carboxylic acids is 2. The highest BCUT2D eigenvalue weighted by Crippen LogP contribution is 2.31. The third kappa shape index (κ3) is 7.73. The summed E-state index contributed by atoms with van der Waals surface area (Å²) in [5, 5.41) is 4.87. The molecule has 0 heterocycles. The zero-order valence-corrected chi connectivity index (χ0v) is 15.1. The van der Waals surface area contributed by atoms with E-state index < -0.39 is 35.4 Å². The van der Waals surface area contributed by atoms with E-state index in [1.807, 2.05) is 0 Å². The molecule has 2 amide bonds. The minimum absolute atomic E-state index is 0.0550. The second-order valence-electron chi connectivity index (χ2n) is 6.56. The Labute approximate surface area is 150 Å². The van der Waals surface area contributed by atoms with Crippen molar-refractivity contribution in [3.63, 3.8) is 0 Å². The lowest BCUT2D eigenvalue weighted by atomic mass is 10.0. The first-order valence-corrected chi connectivity index (χ1v) is 7.84. The van der Waals surface area contributed by atoms with Crippen molar-refractivity contribution in [1.82, 2.24) is 10.6 Å². The first-order chi connectivity index (χ1) is 11.9. The van der Waals surface area contributed by atoms with Crippen LogP contribution in [-0.2, 0) is 20.4 Å². The van der Waals surface area contributed by atoms with Crippen LogP contribution in [0.2, 0.25) is 0 Å². The first kappa shape index (κ1) is 21.8. The average Bonchev–Trinajstić information content (AvgIpc) is 2.49. The van der Waals surface area contributed by atoms with Crippen molar-refractivity contribution < 1.29 is 32.2 Å². The van der Waals surface area contributed by atoms with Crippen LogP contribution in [0.25, 0.3) is 0 Å². The number of hydrogen-bond acceptors (Lipinski definition) is 4. The molecule has 0 radical (unpaired) electrons. The van der Waals surface area contributed by atoms with E-state index in [4.69, 9.17) is 9.47 Å². The number of methoxy groups -OCH3 is 1. The molecule has 1 rings (SSSR count). The van der Waals surface area contributed by atoms with Gasteiger partial charge in [-0.15, -0.1) is 0 Å². The Morgan fingerprint density at radius 3 is 2.38 bits per heavy atom. The Hall–Kier alpha value is -2.29. The SMILES string of the molecule is COCNC(=O)CC(NC(=O)OC(C)(C)C)c1cccc(C(F)(F)F)c1. The lowest BCUT2D eigenvalue weighted by Gasteiger charge is -2.24. The topological polar surface area (TPSA) is 76.7 Å². The molecule has 0 bridgehead atoms. The van der Waals surface area contributed by atoms with Crippen molar-refractivity contribution in [3.8, 4) is 0 Å². The lowest BCUT2D eigenvalue weighted by molar-refractivity contribution is -0.137. The van der Waals surface area contributed by atoms with Gasteiger partial charge in [-0.2, -0.15) is 13.2 Å². The van der Waals surface area contributed by atoms with Gasteiger partial charge in [0, 0.05) is 7.11 Å². The number of benzene rings is 1. The molecule has 1 aromatic carbocycles. The fraction of sp³-hybridized carbons (Fsp3) is 0.529. The van der Waals surface area contributed by atoms with Crippen LogP contribution in [-0.4, -0.2) is 31.4 Å². The second kappa shape index (κ2) is 8.88. The number of nitrogens with one attached hydrogen (secondary N) is 2. The zero-order chi connectivity index (χ0) is 20.0. The standard InChI is InChI=1S/C17H23F3N2O4/c1-16(2,3)26-15(24)22-13(9-14(23)21-10-25-4)11-6-5-7-12(8-11)17(18,19)20/h5-8,13H,9-10H2,1-4H3,(H,21,23)(H,22,24). The van der Waals surface area contributed by atoms with Gasteiger partial charge in [-0.1, -0.05) is 12.1 Å². The summed E-state index contributed by atoms with van der Waals surface area (Å²) in [6.45, 7) is 4.89. The third-order valence-electron chi connectivity index (χ3n) is 3.11. The smallest absolute Gasteiger partial charge is 0.416 e. The van der Waals surface area contributed by atoms with Gasteiger partial charge in [-0.05, 0) is 38.5 Å². The fourth-order valence-corrected chi connectivity index (χ4v) is 2.04. The number of alkyl halides is 3. The Kier molecular flexibility index (Phi) is 7.43. The summed E-state index contributed by atoms with van der Waals surface area (Å²) in [6.07, 6.45) is -5.64. The molecule has 0 aliphatic carbocycles. The number of halogens is 3. The summed E-state index contributed by atoms with van der Waals surface area (Å²) in [5.41, 5.74) is -1.53. The zero-order valence-electron chi connectivity index (χ0n) is 15.1. The van der Waals surface area contributed by atoms with Crippen LogP contribution in [0.3, 0.4) is 0 Å². The predicted octanol–water partition coefficient (Wildman–Crippen LogP) is 3.38. The maximum Gasteiger partial charge on any atom is 0.416 e. The largest absolute Gasteiger partial charge is 0.444 e. The minimum atomic E-state index is -4.54. The van der Waals surface area contributed by atoms with Crippen LogP contribution in [0.5, 0.6) is 0 Å². The molecule has 0 spiro atoms. The number of hydrogen-bond donors (Lipinski definition) is 2. The quantitative estimate of drug-likeness (QED) is 0.747. The molecule has 1 atom stereocenters. The van der Waals surface area contributed by atoms with Crippen molar-refractivity contribution in [2.75, 3.05) is 13.8 Å². The number of rotatable bonds is 6. The molecule has 146 valence electrons. The second-order valence-corrected chi connectivity index (χ2v) is 6.56. The summed E-state index contributed by atoms with van der Waals surface area (Å²) in [7, 11) is 1.38. The summed E-state index contributed by atoms with van der Waals surface area (Å²) < 4.78 is 48.7. The van der Waals surface area contributed by atoms with E-state index >= 15 is 0 Å². The van der Waals surface area contributed by atoms with E-state index in [0.717, 1.165) is 12.1 Å². The molecule has 0 aromatic heterocycles. The predicted molar refractivity (Wildman–Crippen MR) is 88.2 cm³/mol. The van der Waals surface area contributed by atoms with E-state index in [1.165, 1.54) is 19.2 Å². The lowest BCUT2D eigenvalue weighted by Crippen LogP contribution is -2.37. The van der Waals surface area contributed by atoms with Crippen molar-refractivity contribution in [2.45, 2.75) is 45.0 Å². The van der Waals surface area contributed by atoms with Crippen molar-refractivity contribution in [2.24, 2.45) is 0 Å². The van der Waals surface area contributed by atoms with Gasteiger partial charge in [0.1, 0.15) is 12.3 Å². The normalized spacial score (nSPS) is 13.0. The van der Waals surface area contributed by atoms with Gasteiger partial charge in [0.2, 0.25) is 5.91 Å². The van der Waals surface area contributed by atoms with Gasteiger partial charge >= 0.3 is 12.3 Å². The van der Waals surface area contributed by atoms with E-state index in [9.17, 15) is 22.8 Å². The van der Waals surface area contributed by atoms with Gasteiger partial charge < -0.3 is 20.1 Å². The van der Waals surface area contributed by atoms with Crippen LogP contribution in [0, 0.1) is 0 Å². The summed E-state index contributed by atoms with van der Waals surface area (Å²) >= 11 is 0. The first-order valence-electron chi connectivity index (χ1n) is 7.84. The van der Waals surface area contributed by atoms with Crippen LogP contribution in [0.4, 0.5) is 18.0 Å².